The van der Waals surface area contributed by atoms with E-state index < -0.39 is 0 Å². The molecule has 1 N–H and O–H groups in total. The maximum Gasteiger partial charge on any atom is 0.0991 e. The number of rotatable bonds is 8. The van der Waals surface area contributed by atoms with E-state index in [0.29, 0.717) is 12.0 Å². The van der Waals surface area contributed by atoms with Gasteiger partial charge in [-0.1, -0.05) is 54.1 Å². The summed E-state index contributed by atoms with van der Waals surface area (Å²) >= 11 is 2.32. The minimum absolute atomic E-state index is 0.0433. The second-order valence-corrected chi connectivity index (χ2v) is 9.20. The van der Waals surface area contributed by atoms with Crippen molar-refractivity contribution < 1.29 is 0 Å². The number of nitriles is 2. The predicted octanol–water partition coefficient (Wildman–Crippen LogP) is 6.43. The summed E-state index contributed by atoms with van der Waals surface area (Å²) in [6.07, 6.45) is 1.26. The molecule has 3 atom stereocenters. The van der Waals surface area contributed by atoms with E-state index in [1.165, 1.54) is 14.7 Å². The highest BCUT2D eigenvalue weighted by Crippen LogP contribution is 2.28. The largest absolute Gasteiger partial charge is 0.306 e. The summed E-state index contributed by atoms with van der Waals surface area (Å²) in [4.78, 5) is 0. The Balaban J connectivity index is 1.91. The fourth-order valence-corrected chi connectivity index (χ4v) is 4.34. The second kappa shape index (κ2) is 11.1. The van der Waals surface area contributed by atoms with Crippen LogP contribution in [0.25, 0.3) is 0 Å². The Morgan fingerprint density at radius 2 is 1.65 bits per heavy atom. The van der Waals surface area contributed by atoms with Gasteiger partial charge in [-0.2, -0.15) is 10.5 Å². The van der Waals surface area contributed by atoms with E-state index in [4.69, 9.17) is 0 Å². The van der Waals surface area contributed by atoms with Gasteiger partial charge in [0.2, 0.25) is 0 Å². The molecular weight excluding hydrogens is 493 g/mol. The van der Waals surface area contributed by atoms with Crippen LogP contribution in [0, 0.1) is 33.2 Å². The van der Waals surface area contributed by atoms with Crippen LogP contribution < -0.4 is 5.32 Å². The summed E-state index contributed by atoms with van der Waals surface area (Å²) < 4.78 is 1.21. The summed E-state index contributed by atoms with van der Waals surface area (Å²) in [7, 11) is 0. The van der Waals surface area contributed by atoms with Crippen molar-refractivity contribution >= 4 is 22.6 Å². The first-order chi connectivity index (χ1) is 15.0. The summed E-state index contributed by atoms with van der Waals surface area (Å²) in [5, 5.41) is 22.6. The van der Waals surface area contributed by atoms with E-state index in [1.54, 1.807) is 0 Å². The minimum Gasteiger partial charge on any atom is -0.306 e. The highest BCUT2D eigenvalue weighted by atomic mass is 127. The Morgan fingerprint density at radius 1 is 0.935 bits per heavy atom. The van der Waals surface area contributed by atoms with Crippen molar-refractivity contribution in [3.63, 3.8) is 0 Å². The molecule has 4 heteroatoms. The zero-order chi connectivity index (χ0) is 22.2. The Kier molecular flexibility index (Phi) is 8.23. The maximum absolute atomic E-state index is 9.44. The van der Waals surface area contributed by atoms with Crippen LogP contribution >= 0.6 is 22.6 Å². The fourth-order valence-electron chi connectivity index (χ4n) is 3.98. The van der Waals surface area contributed by atoms with Crippen LogP contribution in [-0.4, -0.2) is 6.04 Å². The molecule has 3 rings (SSSR count). The van der Waals surface area contributed by atoms with Gasteiger partial charge in [-0.3, -0.25) is 0 Å². The van der Waals surface area contributed by atoms with Gasteiger partial charge in [0, 0.05) is 21.6 Å². The number of benzene rings is 3. The third-order valence-corrected chi connectivity index (χ3v) is 6.34. The van der Waals surface area contributed by atoms with E-state index >= 15 is 0 Å². The number of nitrogens with one attached hydrogen (secondary N) is 1. The van der Waals surface area contributed by atoms with E-state index in [-0.39, 0.29) is 18.0 Å². The van der Waals surface area contributed by atoms with Crippen LogP contribution in [0.2, 0.25) is 0 Å². The first-order valence-corrected chi connectivity index (χ1v) is 11.5. The van der Waals surface area contributed by atoms with E-state index in [2.05, 4.69) is 102 Å². The molecule has 31 heavy (non-hydrogen) atoms. The first kappa shape index (κ1) is 23.0. The lowest BCUT2D eigenvalue weighted by Gasteiger charge is -2.30. The molecular formula is C27H26IN3. The maximum atomic E-state index is 9.44. The van der Waals surface area contributed by atoms with E-state index in [0.717, 1.165) is 17.5 Å². The summed E-state index contributed by atoms with van der Waals surface area (Å²) in [6.45, 7) is 4.25. The molecule has 0 aromatic heterocycles. The van der Waals surface area contributed by atoms with Gasteiger partial charge in [-0.05, 0) is 83.8 Å². The third-order valence-electron chi connectivity index (χ3n) is 5.62. The molecule has 0 saturated heterocycles. The van der Waals surface area contributed by atoms with Gasteiger partial charge >= 0.3 is 0 Å². The van der Waals surface area contributed by atoms with Gasteiger partial charge in [0.25, 0.3) is 0 Å². The molecule has 0 radical (unpaired) electrons. The standard InChI is InChI=1S/C27H26IN3/c1-19-5-3-8-24(15-19)27(13-14-29)31-20(2)26(17-21-9-11-25(28)12-10-21)23-7-4-6-22(16-23)18-30/h3-12,15-16,20,26-27,31H,13,17H2,1-2H3/t20-,26+,27?/m0/s1. The van der Waals surface area contributed by atoms with Crippen LogP contribution in [0.1, 0.15) is 53.1 Å². The minimum atomic E-state index is -0.0433. The van der Waals surface area contributed by atoms with Crippen molar-refractivity contribution in [2.75, 3.05) is 0 Å². The van der Waals surface area contributed by atoms with Crippen molar-refractivity contribution in [2.45, 2.75) is 44.7 Å². The fraction of sp³-hybridized carbons (Fsp3) is 0.259. The smallest absolute Gasteiger partial charge is 0.0991 e. The highest BCUT2D eigenvalue weighted by molar-refractivity contribution is 14.1. The van der Waals surface area contributed by atoms with Gasteiger partial charge in [0.05, 0.1) is 24.1 Å². The average molecular weight is 519 g/mol. The Hall–Kier alpha value is -2.67. The topological polar surface area (TPSA) is 59.6 Å². The van der Waals surface area contributed by atoms with Crippen molar-refractivity contribution in [2.24, 2.45) is 0 Å². The lowest BCUT2D eigenvalue weighted by molar-refractivity contribution is 0.401. The molecule has 0 saturated carbocycles. The van der Waals surface area contributed by atoms with Crippen molar-refractivity contribution in [3.8, 4) is 12.1 Å². The zero-order valence-corrected chi connectivity index (χ0v) is 20.0. The molecule has 0 aliphatic heterocycles. The average Bonchev–Trinajstić information content (AvgIpc) is 2.78. The molecule has 0 fully saturated rings. The molecule has 0 bridgehead atoms. The molecule has 3 nitrogen and oxygen atoms in total. The first-order valence-electron chi connectivity index (χ1n) is 10.4. The Bertz CT molecular complexity index is 1090. The zero-order valence-electron chi connectivity index (χ0n) is 17.8. The molecule has 0 spiro atoms. The Morgan fingerprint density at radius 3 is 2.32 bits per heavy atom. The predicted molar refractivity (Wildman–Crippen MR) is 134 cm³/mol. The number of halogens is 1. The molecule has 0 amide bonds. The molecule has 0 aliphatic rings. The molecule has 0 aliphatic carbocycles. The molecule has 3 aromatic carbocycles. The lowest BCUT2D eigenvalue weighted by atomic mass is 9.85. The van der Waals surface area contributed by atoms with Crippen LogP contribution in [0.5, 0.6) is 0 Å². The van der Waals surface area contributed by atoms with Crippen molar-refractivity contribution in [1.82, 2.24) is 5.32 Å². The SMILES string of the molecule is Cc1cccc(C(CC#N)N[C@@H](C)[C@@H](Cc2ccc(I)cc2)c2cccc(C#N)c2)c1. The normalized spacial score (nSPS) is 13.6. The summed E-state index contributed by atoms with van der Waals surface area (Å²) in [5.74, 6) is 0.166. The second-order valence-electron chi connectivity index (χ2n) is 7.96. The van der Waals surface area contributed by atoms with Crippen molar-refractivity contribution in [1.29, 1.82) is 10.5 Å². The summed E-state index contributed by atoms with van der Waals surface area (Å²) in [5.41, 5.74) is 5.38. The van der Waals surface area contributed by atoms with Crippen LogP contribution in [0.4, 0.5) is 0 Å². The lowest BCUT2D eigenvalue weighted by Crippen LogP contribution is -2.36. The number of hydrogen-bond acceptors (Lipinski definition) is 3. The molecule has 3 aromatic rings. The molecule has 0 heterocycles. The number of hydrogen-bond donors (Lipinski definition) is 1. The summed E-state index contributed by atoms with van der Waals surface area (Å²) in [6, 6.07) is 29.5. The third kappa shape index (κ3) is 6.40. The van der Waals surface area contributed by atoms with Crippen LogP contribution in [0.3, 0.4) is 0 Å². The van der Waals surface area contributed by atoms with Crippen molar-refractivity contribution in [3.05, 3.63) is 104 Å². The quantitative estimate of drug-likeness (QED) is 0.349. The van der Waals surface area contributed by atoms with Gasteiger partial charge in [0.15, 0.2) is 0 Å². The Labute approximate surface area is 198 Å². The molecule has 156 valence electrons. The van der Waals surface area contributed by atoms with Crippen LogP contribution in [-0.2, 0) is 6.42 Å². The van der Waals surface area contributed by atoms with Gasteiger partial charge in [0.1, 0.15) is 0 Å². The van der Waals surface area contributed by atoms with Crippen LogP contribution in [0.15, 0.2) is 72.8 Å². The monoisotopic (exact) mass is 519 g/mol. The van der Waals surface area contributed by atoms with E-state index in [1.807, 2.05) is 24.3 Å². The van der Waals surface area contributed by atoms with Gasteiger partial charge in [-0.25, -0.2) is 0 Å². The van der Waals surface area contributed by atoms with Gasteiger partial charge < -0.3 is 5.32 Å². The molecule has 1 unspecified atom stereocenters. The van der Waals surface area contributed by atoms with Gasteiger partial charge in [-0.15, -0.1) is 0 Å². The number of nitrogens with zero attached hydrogens (tertiary/aromatic N) is 2. The van der Waals surface area contributed by atoms with E-state index in [9.17, 15) is 10.5 Å². The highest BCUT2D eigenvalue weighted by Gasteiger charge is 2.24. The number of aryl methyl sites for hydroxylation is 1.